The molecule has 0 unspecified atom stereocenters. The molecule has 0 spiro atoms. The first kappa shape index (κ1) is 18.0. The second kappa shape index (κ2) is 9.09. The smallest absolute Gasteiger partial charge is 0.240 e. The molecule has 0 aromatic heterocycles. The molecule has 21 heavy (non-hydrogen) atoms. The van der Waals surface area contributed by atoms with Crippen molar-refractivity contribution in [3.63, 3.8) is 0 Å². The lowest BCUT2D eigenvalue weighted by atomic mass is 10.2. The van der Waals surface area contributed by atoms with Crippen molar-refractivity contribution in [1.82, 2.24) is 10.0 Å². The number of halogens is 1. The van der Waals surface area contributed by atoms with Crippen LogP contribution in [0.3, 0.4) is 0 Å². The maximum absolute atomic E-state index is 13.4. The van der Waals surface area contributed by atoms with E-state index in [9.17, 15) is 12.8 Å². The van der Waals surface area contributed by atoms with Crippen molar-refractivity contribution in [3.05, 3.63) is 29.6 Å². The van der Waals surface area contributed by atoms with Gasteiger partial charge in [0.05, 0.1) is 4.90 Å². The van der Waals surface area contributed by atoms with Crippen LogP contribution >= 0.6 is 0 Å². The van der Waals surface area contributed by atoms with Crippen LogP contribution in [0.4, 0.5) is 4.39 Å². The number of hydrogen-bond acceptors (Lipinski definition) is 4. The lowest BCUT2D eigenvalue weighted by molar-refractivity contribution is 0.193. The number of unbranched alkanes of at least 4 members (excludes halogenated alkanes) is 1. The summed E-state index contributed by atoms with van der Waals surface area (Å²) in [6.45, 7) is 3.92. The first-order chi connectivity index (χ1) is 10.0. The third-order valence-corrected chi connectivity index (χ3v) is 4.49. The van der Waals surface area contributed by atoms with Gasteiger partial charge in [-0.25, -0.2) is 17.5 Å². The van der Waals surface area contributed by atoms with Gasteiger partial charge in [-0.15, -0.1) is 0 Å². The monoisotopic (exact) mass is 318 g/mol. The van der Waals surface area contributed by atoms with Gasteiger partial charge in [0.2, 0.25) is 10.0 Å². The predicted molar refractivity (Wildman–Crippen MR) is 80.1 cm³/mol. The maximum atomic E-state index is 13.4. The molecule has 0 heterocycles. The van der Waals surface area contributed by atoms with Gasteiger partial charge in [-0.05, 0) is 37.1 Å². The first-order valence-corrected chi connectivity index (χ1v) is 8.47. The van der Waals surface area contributed by atoms with Crippen LogP contribution in [-0.2, 0) is 21.3 Å². The summed E-state index contributed by atoms with van der Waals surface area (Å²) in [5.41, 5.74) is 0.558. The van der Waals surface area contributed by atoms with Crippen molar-refractivity contribution >= 4 is 10.0 Å². The average Bonchev–Trinajstić information content (AvgIpc) is 2.45. The Hall–Kier alpha value is -1.02. The highest BCUT2D eigenvalue weighted by atomic mass is 32.2. The normalized spacial score (nSPS) is 11.8. The van der Waals surface area contributed by atoms with Crippen LogP contribution in [0.15, 0.2) is 23.1 Å². The molecule has 0 aliphatic carbocycles. The highest BCUT2D eigenvalue weighted by Crippen LogP contribution is 2.17. The van der Waals surface area contributed by atoms with Gasteiger partial charge in [-0.3, -0.25) is 0 Å². The van der Waals surface area contributed by atoms with E-state index >= 15 is 0 Å². The van der Waals surface area contributed by atoms with E-state index in [2.05, 4.69) is 10.0 Å². The summed E-state index contributed by atoms with van der Waals surface area (Å²) in [7, 11) is -2.10. The van der Waals surface area contributed by atoms with Crippen molar-refractivity contribution < 1.29 is 17.5 Å². The third kappa shape index (κ3) is 6.09. The molecule has 120 valence electrons. The molecule has 0 saturated heterocycles. The Labute approximate surface area is 125 Å². The Kier molecular flexibility index (Phi) is 7.81. The lowest BCUT2D eigenvalue weighted by Crippen LogP contribution is -2.27. The second-order valence-corrected chi connectivity index (χ2v) is 6.37. The van der Waals surface area contributed by atoms with Crippen LogP contribution in [0.5, 0.6) is 0 Å². The number of hydrogen-bond donors (Lipinski definition) is 2. The molecule has 0 radical (unpaired) electrons. The van der Waals surface area contributed by atoms with Crippen molar-refractivity contribution in [1.29, 1.82) is 0 Å². The largest absolute Gasteiger partial charge is 0.385 e. The number of nitrogens with one attached hydrogen (secondary N) is 2. The van der Waals surface area contributed by atoms with Gasteiger partial charge >= 0.3 is 0 Å². The van der Waals surface area contributed by atoms with Gasteiger partial charge in [0, 0.05) is 26.8 Å². The number of benzene rings is 1. The molecular formula is C14H23FN2O3S. The molecule has 0 saturated carbocycles. The molecule has 7 heteroatoms. The Morgan fingerprint density at radius 2 is 2.05 bits per heavy atom. The Morgan fingerprint density at radius 3 is 2.71 bits per heavy atom. The number of methoxy groups -OCH3 is 1. The Balaban J connectivity index is 2.78. The second-order valence-electron chi connectivity index (χ2n) is 4.63. The summed E-state index contributed by atoms with van der Waals surface area (Å²) in [4.78, 5) is -0.00445. The van der Waals surface area contributed by atoms with E-state index in [1.807, 2.05) is 6.92 Å². The quantitative estimate of drug-likeness (QED) is 0.644. The van der Waals surface area contributed by atoms with E-state index in [1.165, 1.54) is 12.1 Å². The van der Waals surface area contributed by atoms with Crippen LogP contribution in [-0.4, -0.2) is 35.2 Å². The fourth-order valence-corrected chi connectivity index (χ4v) is 3.16. The van der Waals surface area contributed by atoms with Crippen molar-refractivity contribution in [3.8, 4) is 0 Å². The van der Waals surface area contributed by atoms with Gasteiger partial charge in [-0.2, -0.15) is 0 Å². The SMILES string of the molecule is CCNCc1ccc(F)cc1S(=O)(=O)NCCCCOC. The van der Waals surface area contributed by atoms with E-state index in [0.29, 0.717) is 38.2 Å². The molecule has 0 amide bonds. The van der Waals surface area contributed by atoms with Crippen LogP contribution in [0.1, 0.15) is 25.3 Å². The van der Waals surface area contributed by atoms with Gasteiger partial charge in [-0.1, -0.05) is 13.0 Å². The number of sulfonamides is 1. The zero-order valence-electron chi connectivity index (χ0n) is 12.5. The number of ether oxygens (including phenoxy) is 1. The molecule has 1 aromatic rings. The molecule has 1 rings (SSSR count). The molecule has 0 fully saturated rings. The zero-order valence-corrected chi connectivity index (χ0v) is 13.3. The number of rotatable bonds is 10. The lowest BCUT2D eigenvalue weighted by Gasteiger charge is -2.12. The molecular weight excluding hydrogens is 295 g/mol. The minimum Gasteiger partial charge on any atom is -0.385 e. The summed E-state index contributed by atoms with van der Waals surface area (Å²) in [6.07, 6.45) is 1.44. The topological polar surface area (TPSA) is 67.4 Å². The van der Waals surface area contributed by atoms with Gasteiger partial charge in [0.1, 0.15) is 5.82 Å². The summed E-state index contributed by atoms with van der Waals surface area (Å²) >= 11 is 0. The maximum Gasteiger partial charge on any atom is 0.240 e. The van der Waals surface area contributed by atoms with E-state index in [0.717, 1.165) is 12.5 Å². The van der Waals surface area contributed by atoms with Crippen molar-refractivity contribution in [2.24, 2.45) is 0 Å². The highest BCUT2D eigenvalue weighted by molar-refractivity contribution is 7.89. The van der Waals surface area contributed by atoms with Crippen LogP contribution in [0.25, 0.3) is 0 Å². The fraction of sp³-hybridized carbons (Fsp3) is 0.571. The van der Waals surface area contributed by atoms with E-state index in [4.69, 9.17) is 4.74 Å². The molecule has 1 aromatic carbocycles. The summed E-state index contributed by atoms with van der Waals surface area (Å²) in [5, 5.41) is 3.05. The fourth-order valence-electron chi connectivity index (χ4n) is 1.84. The van der Waals surface area contributed by atoms with Gasteiger partial charge < -0.3 is 10.1 Å². The third-order valence-electron chi connectivity index (χ3n) is 2.95. The Morgan fingerprint density at radius 1 is 1.29 bits per heavy atom. The summed E-state index contributed by atoms with van der Waals surface area (Å²) in [5.74, 6) is -0.560. The van der Waals surface area contributed by atoms with Gasteiger partial charge in [0.15, 0.2) is 0 Å². The molecule has 0 atom stereocenters. The van der Waals surface area contributed by atoms with Crippen LogP contribution in [0, 0.1) is 5.82 Å². The predicted octanol–water partition coefficient (Wildman–Crippen LogP) is 1.64. The molecule has 0 aliphatic heterocycles. The minimum atomic E-state index is -3.70. The zero-order chi connectivity index (χ0) is 15.7. The standard InChI is InChI=1S/C14H23FN2O3S/c1-3-16-11-12-6-7-13(15)10-14(12)21(18,19)17-8-4-5-9-20-2/h6-7,10,16-17H,3-5,8-9,11H2,1-2H3. The molecule has 5 nitrogen and oxygen atoms in total. The highest BCUT2D eigenvalue weighted by Gasteiger charge is 2.18. The minimum absolute atomic E-state index is 0.00445. The first-order valence-electron chi connectivity index (χ1n) is 6.99. The summed E-state index contributed by atoms with van der Waals surface area (Å²) in [6, 6.07) is 3.83. The average molecular weight is 318 g/mol. The van der Waals surface area contributed by atoms with E-state index < -0.39 is 15.8 Å². The Bertz CT molecular complexity index is 535. The van der Waals surface area contributed by atoms with Crippen molar-refractivity contribution in [2.75, 3.05) is 26.8 Å². The molecule has 2 N–H and O–H groups in total. The molecule has 0 bridgehead atoms. The molecule has 0 aliphatic rings. The van der Waals surface area contributed by atoms with Crippen LogP contribution in [0.2, 0.25) is 0 Å². The van der Waals surface area contributed by atoms with Gasteiger partial charge in [0.25, 0.3) is 0 Å². The van der Waals surface area contributed by atoms with Crippen LogP contribution < -0.4 is 10.0 Å². The van der Waals surface area contributed by atoms with E-state index in [-0.39, 0.29) is 4.90 Å². The summed E-state index contributed by atoms with van der Waals surface area (Å²) < 4.78 is 45.3. The van der Waals surface area contributed by atoms with Crippen molar-refractivity contribution in [2.45, 2.75) is 31.2 Å². The van der Waals surface area contributed by atoms with E-state index in [1.54, 1.807) is 7.11 Å².